The minimum atomic E-state index is -0.286. The molecule has 2 aliphatic rings. The fourth-order valence-corrected chi connectivity index (χ4v) is 4.64. The normalized spacial score (nSPS) is 25.3. The monoisotopic (exact) mass is 391 g/mol. The molecule has 2 atom stereocenters. The van der Waals surface area contributed by atoms with Crippen molar-refractivity contribution >= 4 is 22.4 Å². The summed E-state index contributed by atoms with van der Waals surface area (Å²) in [4.78, 5) is 18.9. The van der Waals surface area contributed by atoms with Crippen LogP contribution >= 0.6 is 11.3 Å². The molecule has 2 aliphatic heterocycles. The van der Waals surface area contributed by atoms with Crippen molar-refractivity contribution in [1.29, 1.82) is 0 Å². The summed E-state index contributed by atoms with van der Waals surface area (Å²) >= 11 is 1.35. The largest absolute Gasteiger partial charge is 0.377 e. The number of nitrogens with zero attached hydrogens (tertiary/aromatic N) is 2. The second-order valence-electron chi connectivity index (χ2n) is 7.00. The Morgan fingerprint density at radius 3 is 3.00 bits per heavy atom. The predicted molar refractivity (Wildman–Crippen MR) is 101 cm³/mol. The molecule has 1 amide bonds. The summed E-state index contributed by atoms with van der Waals surface area (Å²) in [6, 6.07) is 6.14. The van der Waals surface area contributed by atoms with Crippen LogP contribution in [0, 0.1) is 5.82 Å². The molecule has 1 N–H and O–H groups in total. The lowest BCUT2D eigenvalue weighted by Crippen LogP contribution is -2.42. The number of hydrogen-bond donors (Lipinski definition) is 1. The van der Waals surface area contributed by atoms with Gasteiger partial charge in [-0.25, -0.2) is 9.37 Å². The number of hydrogen-bond acceptors (Lipinski definition) is 6. The van der Waals surface area contributed by atoms with Gasteiger partial charge >= 0.3 is 0 Å². The fraction of sp³-hybridized carbons (Fsp3) is 0.474. The number of nitrogens with one attached hydrogen (secondary N) is 1. The first-order chi connectivity index (χ1) is 13.1. The van der Waals surface area contributed by atoms with E-state index in [2.05, 4.69) is 15.2 Å². The van der Waals surface area contributed by atoms with Gasteiger partial charge in [0.1, 0.15) is 11.4 Å². The second-order valence-corrected chi connectivity index (χ2v) is 7.86. The van der Waals surface area contributed by atoms with Gasteiger partial charge in [-0.15, -0.1) is 11.3 Å². The van der Waals surface area contributed by atoms with Crippen molar-refractivity contribution < 1.29 is 18.7 Å². The number of halogens is 1. The van der Waals surface area contributed by atoms with Gasteiger partial charge in [0.2, 0.25) is 5.91 Å². The molecule has 27 heavy (non-hydrogen) atoms. The maximum atomic E-state index is 13.0. The fourth-order valence-electron chi connectivity index (χ4n) is 3.90. The lowest BCUT2D eigenvalue weighted by Gasteiger charge is -2.28. The molecule has 2 fully saturated rings. The van der Waals surface area contributed by atoms with E-state index in [0.29, 0.717) is 23.9 Å². The number of thiazole rings is 1. The number of likely N-dealkylation sites (tertiary alicyclic amines) is 1. The molecule has 8 heteroatoms. The third-order valence-corrected chi connectivity index (χ3v) is 5.94. The maximum Gasteiger partial charge on any atom is 0.240 e. The molecule has 4 rings (SSSR count). The molecule has 2 saturated heterocycles. The van der Waals surface area contributed by atoms with Crippen LogP contribution < -0.4 is 5.32 Å². The highest BCUT2D eigenvalue weighted by Gasteiger charge is 2.50. The number of amides is 1. The zero-order valence-electron chi connectivity index (χ0n) is 15.1. The zero-order valence-corrected chi connectivity index (χ0v) is 15.9. The average molecular weight is 391 g/mol. The summed E-state index contributed by atoms with van der Waals surface area (Å²) in [5.41, 5.74) is 1.26. The van der Waals surface area contributed by atoms with Crippen molar-refractivity contribution in [2.75, 3.05) is 38.7 Å². The van der Waals surface area contributed by atoms with Gasteiger partial charge in [-0.1, -0.05) is 0 Å². The van der Waals surface area contributed by atoms with E-state index in [9.17, 15) is 9.18 Å². The highest BCUT2D eigenvalue weighted by Crippen LogP contribution is 2.36. The number of carbonyl (C=O) groups excluding carboxylic acids is 1. The van der Waals surface area contributed by atoms with Gasteiger partial charge in [-0.05, 0) is 37.1 Å². The van der Waals surface area contributed by atoms with Crippen LogP contribution in [0.2, 0.25) is 0 Å². The standard InChI is InChI=1S/C19H22FN3O3S/c1-25-16-9-23(12-19(16)7-2-8-26-19)10-17(24)22-18-21-15(11-27-18)13-3-5-14(20)6-4-13/h3-6,11,16H,2,7-10,12H2,1H3,(H,21,22,24)/t16-,19-/m1/s1. The molecule has 0 bridgehead atoms. The van der Waals surface area contributed by atoms with Crippen molar-refractivity contribution in [2.45, 2.75) is 24.5 Å². The zero-order chi connectivity index (χ0) is 18.9. The van der Waals surface area contributed by atoms with Gasteiger partial charge in [0.25, 0.3) is 0 Å². The van der Waals surface area contributed by atoms with Crippen LogP contribution in [0.5, 0.6) is 0 Å². The smallest absolute Gasteiger partial charge is 0.240 e. The van der Waals surface area contributed by atoms with E-state index in [1.165, 1.54) is 23.5 Å². The Morgan fingerprint density at radius 1 is 1.48 bits per heavy atom. The number of aromatic nitrogens is 1. The molecule has 0 aliphatic carbocycles. The number of carbonyl (C=O) groups is 1. The molecule has 0 unspecified atom stereocenters. The molecule has 3 heterocycles. The van der Waals surface area contributed by atoms with Crippen LogP contribution in [0.3, 0.4) is 0 Å². The lowest BCUT2D eigenvalue weighted by atomic mass is 9.97. The van der Waals surface area contributed by atoms with Crippen molar-refractivity contribution in [3.63, 3.8) is 0 Å². The predicted octanol–water partition coefficient (Wildman–Crippen LogP) is 2.77. The van der Waals surface area contributed by atoms with Crippen molar-refractivity contribution in [3.05, 3.63) is 35.5 Å². The molecule has 1 aromatic carbocycles. The van der Waals surface area contributed by atoms with E-state index in [1.54, 1.807) is 19.2 Å². The van der Waals surface area contributed by atoms with Crippen LogP contribution in [0.25, 0.3) is 11.3 Å². The summed E-state index contributed by atoms with van der Waals surface area (Å²) < 4.78 is 24.6. The topological polar surface area (TPSA) is 63.7 Å². The van der Waals surface area contributed by atoms with Crippen LogP contribution in [0.4, 0.5) is 9.52 Å². The van der Waals surface area contributed by atoms with Crippen molar-refractivity contribution in [3.8, 4) is 11.3 Å². The molecule has 1 aromatic heterocycles. The third kappa shape index (κ3) is 3.89. The third-order valence-electron chi connectivity index (χ3n) is 5.18. The van der Waals surface area contributed by atoms with E-state index in [4.69, 9.17) is 9.47 Å². The van der Waals surface area contributed by atoms with Gasteiger partial charge in [-0.2, -0.15) is 0 Å². The Hall–Kier alpha value is -1.87. The quantitative estimate of drug-likeness (QED) is 0.849. The molecule has 144 valence electrons. The summed E-state index contributed by atoms with van der Waals surface area (Å²) in [7, 11) is 1.70. The number of methoxy groups -OCH3 is 1. The van der Waals surface area contributed by atoms with Crippen LogP contribution in [-0.4, -0.2) is 60.8 Å². The van der Waals surface area contributed by atoms with Crippen LogP contribution in [0.1, 0.15) is 12.8 Å². The lowest BCUT2D eigenvalue weighted by molar-refractivity contribution is -0.117. The minimum absolute atomic E-state index is 0.00209. The Labute approximate surface area is 161 Å². The Bertz CT molecular complexity index is 805. The molecule has 0 radical (unpaired) electrons. The number of anilines is 1. The van der Waals surface area contributed by atoms with Crippen LogP contribution in [0.15, 0.2) is 29.6 Å². The molecule has 1 spiro atoms. The maximum absolute atomic E-state index is 13.0. The summed E-state index contributed by atoms with van der Waals surface area (Å²) in [6.45, 7) is 2.42. The first-order valence-electron chi connectivity index (χ1n) is 8.98. The highest BCUT2D eigenvalue weighted by atomic mass is 32.1. The van der Waals surface area contributed by atoms with Gasteiger partial charge < -0.3 is 14.8 Å². The van der Waals surface area contributed by atoms with Crippen molar-refractivity contribution in [2.24, 2.45) is 0 Å². The van der Waals surface area contributed by atoms with E-state index in [0.717, 1.165) is 25.0 Å². The van der Waals surface area contributed by atoms with Gasteiger partial charge in [0.15, 0.2) is 5.13 Å². The first kappa shape index (κ1) is 18.5. The first-order valence-corrected chi connectivity index (χ1v) is 9.86. The number of benzene rings is 1. The van der Waals surface area contributed by atoms with Gasteiger partial charge in [0.05, 0.1) is 18.3 Å². The summed E-state index contributed by atoms with van der Waals surface area (Å²) in [6.07, 6.45) is 2.00. The summed E-state index contributed by atoms with van der Waals surface area (Å²) in [5.74, 6) is -0.397. The second kappa shape index (κ2) is 7.63. The van der Waals surface area contributed by atoms with E-state index >= 15 is 0 Å². The number of rotatable bonds is 5. The molecular formula is C19H22FN3O3S. The van der Waals surface area contributed by atoms with Gasteiger partial charge in [0, 0.05) is 37.7 Å². The highest BCUT2D eigenvalue weighted by molar-refractivity contribution is 7.14. The Morgan fingerprint density at radius 2 is 2.30 bits per heavy atom. The average Bonchev–Trinajstić information content (AvgIpc) is 3.37. The van der Waals surface area contributed by atoms with E-state index in [-0.39, 0.29) is 30.0 Å². The molecular weight excluding hydrogens is 369 g/mol. The van der Waals surface area contributed by atoms with Crippen LogP contribution in [-0.2, 0) is 14.3 Å². The molecule has 0 saturated carbocycles. The SMILES string of the molecule is CO[C@@H]1CN(CC(=O)Nc2nc(-c3ccc(F)cc3)cs2)C[C@]12CCCO2. The Balaban J connectivity index is 1.35. The van der Waals surface area contributed by atoms with E-state index in [1.807, 2.05) is 5.38 Å². The number of ether oxygens (including phenoxy) is 2. The molecule has 2 aromatic rings. The minimum Gasteiger partial charge on any atom is -0.377 e. The summed E-state index contributed by atoms with van der Waals surface area (Å²) in [5, 5.41) is 5.24. The molecule has 6 nitrogen and oxygen atoms in total. The van der Waals surface area contributed by atoms with Crippen molar-refractivity contribution in [1.82, 2.24) is 9.88 Å². The van der Waals surface area contributed by atoms with Gasteiger partial charge in [-0.3, -0.25) is 9.69 Å². The van der Waals surface area contributed by atoms with E-state index < -0.39 is 0 Å². The Kier molecular flexibility index (Phi) is 5.23.